The van der Waals surface area contributed by atoms with Gasteiger partial charge in [0, 0.05) is 13.2 Å². The van der Waals surface area contributed by atoms with Crippen LogP contribution in [0.5, 0.6) is 0 Å². The zero-order valence-corrected chi connectivity index (χ0v) is 12.3. The maximum absolute atomic E-state index is 5.95. The van der Waals surface area contributed by atoms with Crippen molar-refractivity contribution in [3.05, 3.63) is 59.7 Å². The van der Waals surface area contributed by atoms with Crippen molar-refractivity contribution in [2.75, 3.05) is 13.2 Å². The molecule has 2 aromatic rings. The molecule has 20 heavy (non-hydrogen) atoms. The first-order valence-electron chi connectivity index (χ1n) is 7.21. The van der Waals surface area contributed by atoms with Crippen molar-refractivity contribution < 1.29 is 4.65 Å². The Balaban J connectivity index is 2.27. The zero-order valence-electron chi connectivity index (χ0n) is 12.3. The van der Waals surface area contributed by atoms with Crippen molar-refractivity contribution in [3.8, 4) is 0 Å². The standard InChI is InChI=1S/C17H22BNO/c1-3-15-6-10-17(11-7-15)18(20-13-12-19)16-8-4-14(2)5-9-16/h4-11H,3,12-13,19H2,1-2H3. The van der Waals surface area contributed by atoms with Gasteiger partial charge in [-0.3, -0.25) is 0 Å². The van der Waals surface area contributed by atoms with E-state index in [2.05, 4.69) is 62.4 Å². The highest BCUT2D eigenvalue weighted by Crippen LogP contribution is 2.01. The predicted octanol–water partition coefficient (Wildman–Crippen LogP) is 1.64. The van der Waals surface area contributed by atoms with Crippen molar-refractivity contribution in [2.24, 2.45) is 5.73 Å². The molecule has 0 spiro atoms. The molecule has 0 amide bonds. The molecule has 2 aromatic carbocycles. The van der Waals surface area contributed by atoms with Crippen molar-refractivity contribution >= 4 is 17.8 Å². The molecule has 2 rings (SSSR count). The van der Waals surface area contributed by atoms with Crippen LogP contribution in [0.1, 0.15) is 18.1 Å². The van der Waals surface area contributed by atoms with Crippen LogP contribution >= 0.6 is 0 Å². The van der Waals surface area contributed by atoms with Crippen LogP contribution in [0.4, 0.5) is 0 Å². The summed E-state index contributed by atoms with van der Waals surface area (Å²) in [6.45, 7) is 5.32. The maximum Gasteiger partial charge on any atom is 0.361 e. The molecule has 0 aliphatic carbocycles. The third-order valence-corrected chi connectivity index (χ3v) is 3.47. The molecule has 0 fully saturated rings. The summed E-state index contributed by atoms with van der Waals surface area (Å²) in [5.74, 6) is 0. The fourth-order valence-electron chi connectivity index (χ4n) is 2.24. The van der Waals surface area contributed by atoms with E-state index in [0.717, 1.165) is 6.42 Å². The van der Waals surface area contributed by atoms with E-state index < -0.39 is 0 Å². The van der Waals surface area contributed by atoms with Crippen LogP contribution in [-0.2, 0) is 11.1 Å². The normalized spacial score (nSPS) is 10.6. The molecule has 0 bridgehead atoms. The molecule has 0 heterocycles. The summed E-state index contributed by atoms with van der Waals surface area (Å²) in [6, 6.07) is 17.1. The second-order valence-corrected chi connectivity index (χ2v) is 5.05. The molecule has 0 atom stereocenters. The van der Waals surface area contributed by atoms with E-state index in [4.69, 9.17) is 10.4 Å². The minimum absolute atomic E-state index is 0.0370. The van der Waals surface area contributed by atoms with Crippen molar-refractivity contribution in [1.29, 1.82) is 0 Å². The number of rotatable bonds is 6. The van der Waals surface area contributed by atoms with Crippen molar-refractivity contribution in [2.45, 2.75) is 20.3 Å². The summed E-state index contributed by atoms with van der Waals surface area (Å²) < 4.78 is 5.95. The molecular formula is C17H22BNO. The Hall–Kier alpha value is -1.58. The molecule has 3 heteroatoms. The van der Waals surface area contributed by atoms with Gasteiger partial charge in [0.1, 0.15) is 0 Å². The van der Waals surface area contributed by atoms with E-state index in [1.54, 1.807) is 0 Å². The Kier molecular flexibility index (Phi) is 5.39. The quantitative estimate of drug-likeness (QED) is 0.807. The van der Waals surface area contributed by atoms with E-state index in [0.29, 0.717) is 13.2 Å². The molecule has 104 valence electrons. The summed E-state index contributed by atoms with van der Waals surface area (Å²) in [5.41, 5.74) is 10.5. The molecule has 0 aliphatic rings. The fourth-order valence-corrected chi connectivity index (χ4v) is 2.24. The van der Waals surface area contributed by atoms with Gasteiger partial charge in [0.15, 0.2) is 0 Å². The number of hydrogen-bond acceptors (Lipinski definition) is 2. The Morgan fingerprint density at radius 1 is 0.950 bits per heavy atom. The minimum atomic E-state index is -0.0370. The lowest BCUT2D eigenvalue weighted by atomic mass is 9.55. The number of benzene rings is 2. The molecule has 0 unspecified atom stereocenters. The van der Waals surface area contributed by atoms with Crippen LogP contribution < -0.4 is 16.7 Å². The summed E-state index contributed by atoms with van der Waals surface area (Å²) in [5, 5.41) is 0. The zero-order chi connectivity index (χ0) is 14.4. The molecule has 0 aromatic heterocycles. The molecule has 0 radical (unpaired) electrons. The summed E-state index contributed by atoms with van der Waals surface area (Å²) in [4.78, 5) is 0. The van der Waals surface area contributed by atoms with E-state index in [1.165, 1.54) is 22.1 Å². The van der Waals surface area contributed by atoms with Crippen LogP contribution in [0.25, 0.3) is 0 Å². The summed E-state index contributed by atoms with van der Waals surface area (Å²) >= 11 is 0. The Labute approximate surface area is 122 Å². The van der Waals surface area contributed by atoms with Crippen LogP contribution in [0.15, 0.2) is 48.5 Å². The van der Waals surface area contributed by atoms with Crippen LogP contribution in [0, 0.1) is 6.92 Å². The monoisotopic (exact) mass is 267 g/mol. The van der Waals surface area contributed by atoms with Gasteiger partial charge in [0.2, 0.25) is 0 Å². The van der Waals surface area contributed by atoms with Gasteiger partial charge in [-0.15, -0.1) is 0 Å². The van der Waals surface area contributed by atoms with Crippen LogP contribution in [0.2, 0.25) is 0 Å². The summed E-state index contributed by atoms with van der Waals surface area (Å²) in [6.07, 6.45) is 1.05. The maximum atomic E-state index is 5.95. The van der Waals surface area contributed by atoms with E-state index in [9.17, 15) is 0 Å². The van der Waals surface area contributed by atoms with Gasteiger partial charge in [0.25, 0.3) is 0 Å². The Bertz CT molecular complexity index is 522. The lowest BCUT2D eigenvalue weighted by Gasteiger charge is -2.15. The lowest BCUT2D eigenvalue weighted by molar-refractivity contribution is 0.344. The minimum Gasteiger partial charge on any atom is -0.426 e. The first-order valence-corrected chi connectivity index (χ1v) is 7.21. The van der Waals surface area contributed by atoms with Gasteiger partial charge in [0.05, 0.1) is 0 Å². The van der Waals surface area contributed by atoms with Crippen molar-refractivity contribution in [3.63, 3.8) is 0 Å². The number of nitrogens with two attached hydrogens (primary N) is 1. The largest absolute Gasteiger partial charge is 0.426 e. The van der Waals surface area contributed by atoms with Gasteiger partial charge in [-0.1, -0.05) is 61.0 Å². The average Bonchev–Trinajstić information content (AvgIpc) is 2.50. The SMILES string of the molecule is CCc1ccc(B(OCCN)c2ccc(C)cc2)cc1. The molecule has 0 saturated heterocycles. The fraction of sp³-hybridized carbons (Fsp3) is 0.294. The third-order valence-electron chi connectivity index (χ3n) is 3.47. The Morgan fingerprint density at radius 2 is 1.50 bits per heavy atom. The van der Waals surface area contributed by atoms with Gasteiger partial charge in [-0.05, 0) is 29.8 Å². The summed E-state index contributed by atoms with van der Waals surface area (Å²) in [7, 11) is 0. The average molecular weight is 267 g/mol. The van der Waals surface area contributed by atoms with E-state index in [-0.39, 0.29) is 6.92 Å². The topological polar surface area (TPSA) is 35.2 Å². The second-order valence-electron chi connectivity index (χ2n) is 5.05. The van der Waals surface area contributed by atoms with Gasteiger partial charge in [-0.2, -0.15) is 0 Å². The van der Waals surface area contributed by atoms with Gasteiger partial charge >= 0.3 is 6.92 Å². The smallest absolute Gasteiger partial charge is 0.361 e. The molecular weight excluding hydrogens is 245 g/mol. The third kappa shape index (κ3) is 3.72. The molecule has 2 nitrogen and oxygen atoms in total. The lowest BCUT2D eigenvalue weighted by Crippen LogP contribution is -2.45. The number of hydrogen-bond donors (Lipinski definition) is 1. The van der Waals surface area contributed by atoms with Crippen LogP contribution in [-0.4, -0.2) is 20.1 Å². The van der Waals surface area contributed by atoms with E-state index >= 15 is 0 Å². The van der Waals surface area contributed by atoms with E-state index in [1.807, 2.05) is 0 Å². The second kappa shape index (κ2) is 7.27. The van der Waals surface area contributed by atoms with Crippen molar-refractivity contribution in [1.82, 2.24) is 0 Å². The highest BCUT2D eigenvalue weighted by Gasteiger charge is 2.20. The van der Waals surface area contributed by atoms with Gasteiger partial charge < -0.3 is 10.4 Å². The first kappa shape index (κ1) is 14.8. The first-order chi connectivity index (χ1) is 9.74. The van der Waals surface area contributed by atoms with Crippen LogP contribution in [0.3, 0.4) is 0 Å². The molecule has 2 N–H and O–H groups in total. The van der Waals surface area contributed by atoms with Gasteiger partial charge in [-0.25, -0.2) is 0 Å². The molecule has 0 saturated carbocycles. The number of aryl methyl sites for hydroxylation is 2. The highest BCUT2D eigenvalue weighted by molar-refractivity contribution is 6.80. The Morgan fingerprint density at radius 3 is 2.00 bits per heavy atom. The molecule has 0 aliphatic heterocycles. The predicted molar refractivity (Wildman–Crippen MR) is 87.0 cm³/mol. The highest BCUT2D eigenvalue weighted by atomic mass is 16.4.